The van der Waals surface area contributed by atoms with Gasteiger partial charge in [-0.3, -0.25) is 0 Å². The number of carbonyl (C=O) groups excluding carboxylic acids is 1. The lowest BCUT2D eigenvalue weighted by atomic mass is 9.99. The summed E-state index contributed by atoms with van der Waals surface area (Å²) < 4.78 is 5.05. The summed E-state index contributed by atoms with van der Waals surface area (Å²) in [6.45, 7) is 6.11. The molecule has 1 aliphatic heterocycles. The minimum Gasteiger partial charge on any atom is -0.458 e. The highest BCUT2D eigenvalue weighted by Gasteiger charge is 2.24. The number of aryl methyl sites for hydroxylation is 1. The van der Waals surface area contributed by atoms with Crippen molar-refractivity contribution in [1.82, 2.24) is 0 Å². The van der Waals surface area contributed by atoms with Crippen LogP contribution >= 0.6 is 0 Å². The van der Waals surface area contributed by atoms with Crippen molar-refractivity contribution in [3.63, 3.8) is 0 Å². The first-order chi connectivity index (χ1) is 7.72. The van der Waals surface area contributed by atoms with Crippen molar-refractivity contribution in [1.29, 1.82) is 0 Å². The second-order valence-electron chi connectivity index (χ2n) is 3.91. The van der Waals surface area contributed by atoms with Crippen LogP contribution in [0.2, 0.25) is 0 Å². The van der Waals surface area contributed by atoms with E-state index in [-0.39, 0.29) is 5.97 Å². The summed E-state index contributed by atoms with van der Waals surface area (Å²) in [5.41, 5.74) is 3.84. The van der Waals surface area contributed by atoms with E-state index < -0.39 is 0 Å². The van der Waals surface area contributed by atoms with Crippen molar-refractivity contribution in [2.45, 2.75) is 13.3 Å². The summed E-state index contributed by atoms with van der Waals surface area (Å²) >= 11 is 0. The van der Waals surface area contributed by atoms with Crippen LogP contribution in [0.15, 0.2) is 42.5 Å². The van der Waals surface area contributed by atoms with Crippen LogP contribution in [0.5, 0.6) is 0 Å². The molecular formula is C14H14O2. The molecule has 0 saturated carbocycles. The van der Waals surface area contributed by atoms with Crippen LogP contribution in [0.4, 0.5) is 0 Å². The molecule has 1 heterocycles. The fraction of sp³-hybridized carbons (Fsp3) is 0.214. The molecule has 16 heavy (non-hydrogen) atoms. The van der Waals surface area contributed by atoms with E-state index in [9.17, 15) is 4.79 Å². The minimum absolute atomic E-state index is 0.222. The zero-order chi connectivity index (χ0) is 11.5. The lowest BCUT2D eigenvalue weighted by molar-refractivity contribution is -0.134. The fourth-order valence-electron chi connectivity index (χ4n) is 1.82. The predicted molar refractivity (Wildman–Crippen MR) is 63.9 cm³/mol. The monoisotopic (exact) mass is 214 g/mol. The smallest absolute Gasteiger partial charge is 0.339 e. The molecule has 2 nitrogen and oxygen atoms in total. The summed E-state index contributed by atoms with van der Waals surface area (Å²) in [4.78, 5) is 11.6. The summed E-state index contributed by atoms with van der Waals surface area (Å²) in [7, 11) is 0. The Bertz CT molecular complexity index is 452. The number of rotatable bonds is 3. The van der Waals surface area contributed by atoms with Crippen molar-refractivity contribution in [2.75, 3.05) is 6.61 Å². The third kappa shape index (κ3) is 1.91. The van der Waals surface area contributed by atoms with Crippen LogP contribution in [-0.4, -0.2) is 12.6 Å². The van der Waals surface area contributed by atoms with Gasteiger partial charge in [-0.1, -0.05) is 35.9 Å². The maximum Gasteiger partial charge on any atom is 0.339 e. The van der Waals surface area contributed by atoms with Gasteiger partial charge in [0, 0.05) is 0 Å². The van der Waals surface area contributed by atoms with E-state index in [1.807, 2.05) is 31.2 Å². The van der Waals surface area contributed by atoms with E-state index in [0.717, 1.165) is 11.1 Å². The number of hydrogen-bond acceptors (Lipinski definition) is 2. The quantitative estimate of drug-likeness (QED) is 0.571. The Morgan fingerprint density at radius 2 is 2.06 bits per heavy atom. The lowest BCUT2D eigenvalue weighted by Crippen LogP contribution is -1.98. The largest absolute Gasteiger partial charge is 0.458 e. The number of carbonyl (C=O) groups is 1. The number of benzene rings is 1. The Morgan fingerprint density at radius 3 is 2.69 bits per heavy atom. The van der Waals surface area contributed by atoms with E-state index in [1.165, 1.54) is 5.56 Å². The van der Waals surface area contributed by atoms with Crippen molar-refractivity contribution in [3.05, 3.63) is 53.6 Å². The molecule has 82 valence electrons. The van der Waals surface area contributed by atoms with E-state index in [0.29, 0.717) is 18.6 Å². The van der Waals surface area contributed by atoms with Crippen molar-refractivity contribution < 1.29 is 9.53 Å². The van der Waals surface area contributed by atoms with Crippen molar-refractivity contribution >= 4 is 11.5 Å². The van der Waals surface area contributed by atoms with Crippen LogP contribution in [0.25, 0.3) is 5.57 Å². The molecule has 0 bridgehead atoms. The molecular weight excluding hydrogens is 200 g/mol. The summed E-state index contributed by atoms with van der Waals surface area (Å²) in [5, 5.41) is 0. The maximum atomic E-state index is 11.6. The molecule has 0 N–H and O–H groups in total. The van der Waals surface area contributed by atoms with E-state index in [1.54, 1.807) is 6.08 Å². The number of ether oxygens (including phenoxy) is 1. The van der Waals surface area contributed by atoms with Gasteiger partial charge in [0.25, 0.3) is 0 Å². The van der Waals surface area contributed by atoms with Gasteiger partial charge in [0.1, 0.15) is 6.61 Å². The number of cyclic esters (lactones) is 1. The molecule has 0 aromatic heterocycles. The average molecular weight is 214 g/mol. The first-order valence-corrected chi connectivity index (χ1v) is 5.29. The van der Waals surface area contributed by atoms with Crippen LogP contribution in [0.3, 0.4) is 0 Å². The van der Waals surface area contributed by atoms with E-state index in [4.69, 9.17) is 4.74 Å². The number of esters is 1. The molecule has 0 fully saturated rings. The zero-order valence-electron chi connectivity index (χ0n) is 9.32. The Labute approximate surface area is 95.2 Å². The molecule has 1 aromatic rings. The van der Waals surface area contributed by atoms with Crippen LogP contribution in [0, 0.1) is 6.92 Å². The van der Waals surface area contributed by atoms with Gasteiger partial charge in [-0.25, -0.2) is 4.79 Å². The topological polar surface area (TPSA) is 26.3 Å². The second kappa shape index (κ2) is 4.35. The van der Waals surface area contributed by atoms with Crippen molar-refractivity contribution in [2.24, 2.45) is 0 Å². The average Bonchev–Trinajstić information content (AvgIpc) is 2.62. The van der Waals surface area contributed by atoms with Crippen LogP contribution in [-0.2, 0) is 9.53 Å². The van der Waals surface area contributed by atoms with Gasteiger partial charge in [0.15, 0.2) is 0 Å². The van der Waals surface area contributed by atoms with Crippen LogP contribution < -0.4 is 0 Å². The third-order valence-electron chi connectivity index (χ3n) is 2.67. The summed E-state index contributed by atoms with van der Waals surface area (Å²) in [5.74, 6) is -0.222. The highest BCUT2D eigenvalue weighted by molar-refractivity contribution is 6.19. The Balaban J connectivity index is 2.43. The van der Waals surface area contributed by atoms with Gasteiger partial charge in [-0.2, -0.15) is 0 Å². The van der Waals surface area contributed by atoms with Crippen LogP contribution in [0.1, 0.15) is 17.5 Å². The standard InChI is InChI=1S/C14H14O2/c1-3-4-12-9-16-14(15)13(12)11-7-5-10(2)6-8-11/h3,5-8H,1,4,9H2,2H3. The molecule has 1 aromatic carbocycles. The van der Waals surface area contributed by atoms with Gasteiger partial charge in [-0.05, 0) is 24.5 Å². The minimum atomic E-state index is -0.222. The van der Waals surface area contributed by atoms with Gasteiger partial charge in [-0.15, -0.1) is 6.58 Å². The zero-order valence-corrected chi connectivity index (χ0v) is 9.32. The molecule has 0 atom stereocenters. The second-order valence-corrected chi connectivity index (χ2v) is 3.91. The Kier molecular flexibility index (Phi) is 2.91. The van der Waals surface area contributed by atoms with Gasteiger partial charge >= 0.3 is 5.97 Å². The predicted octanol–water partition coefficient (Wildman–Crippen LogP) is 2.88. The molecule has 2 rings (SSSR count). The maximum absolute atomic E-state index is 11.6. The highest BCUT2D eigenvalue weighted by atomic mass is 16.5. The summed E-state index contributed by atoms with van der Waals surface area (Å²) in [6.07, 6.45) is 2.50. The molecule has 0 saturated heterocycles. The number of hydrogen-bond donors (Lipinski definition) is 0. The Morgan fingerprint density at radius 1 is 1.38 bits per heavy atom. The molecule has 0 radical (unpaired) electrons. The molecule has 2 heteroatoms. The molecule has 1 aliphatic rings. The van der Waals surface area contributed by atoms with Crippen molar-refractivity contribution in [3.8, 4) is 0 Å². The molecule has 0 amide bonds. The first kappa shape index (κ1) is 10.7. The highest BCUT2D eigenvalue weighted by Crippen LogP contribution is 2.28. The third-order valence-corrected chi connectivity index (χ3v) is 2.67. The summed E-state index contributed by atoms with van der Waals surface area (Å²) in [6, 6.07) is 7.92. The lowest BCUT2D eigenvalue weighted by Gasteiger charge is -2.02. The molecule has 0 spiro atoms. The normalized spacial score (nSPS) is 15.2. The first-order valence-electron chi connectivity index (χ1n) is 5.29. The number of allylic oxidation sites excluding steroid dienone is 1. The fourth-order valence-corrected chi connectivity index (χ4v) is 1.82. The molecule has 0 aliphatic carbocycles. The van der Waals surface area contributed by atoms with Gasteiger partial charge < -0.3 is 4.74 Å². The van der Waals surface area contributed by atoms with Gasteiger partial charge in [0.2, 0.25) is 0 Å². The molecule has 0 unspecified atom stereocenters. The van der Waals surface area contributed by atoms with Gasteiger partial charge in [0.05, 0.1) is 5.57 Å². The van der Waals surface area contributed by atoms with E-state index in [2.05, 4.69) is 6.58 Å². The van der Waals surface area contributed by atoms with E-state index >= 15 is 0 Å². The Hall–Kier alpha value is -1.83. The SMILES string of the molecule is C=CCC1=C(c2ccc(C)cc2)C(=O)OC1.